The number of amides is 1. The van der Waals surface area contributed by atoms with E-state index in [4.69, 9.17) is 9.26 Å². The van der Waals surface area contributed by atoms with E-state index < -0.39 is 0 Å². The molecule has 124 valence electrons. The number of rotatable bonds is 6. The van der Waals surface area contributed by atoms with Crippen LogP contribution in [0.4, 0.5) is 0 Å². The Morgan fingerprint density at radius 1 is 1.29 bits per heavy atom. The van der Waals surface area contributed by atoms with Crippen molar-refractivity contribution in [2.75, 3.05) is 13.7 Å². The minimum Gasteiger partial charge on any atom is -0.496 e. The molecule has 2 aromatic heterocycles. The van der Waals surface area contributed by atoms with Gasteiger partial charge in [0.1, 0.15) is 11.3 Å². The number of para-hydroxylation sites is 1. The Balaban J connectivity index is 1.80. The molecule has 1 aromatic carbocycles. The highest BCUT2D eigenvalue weighted by Crippen LogP contribution is 2.33. The second-order valence-electron chi connectivity index (χ2n) is 5.26. The largest absolute Gasteiger partial charge is 0.496 e. The highest BCUT2D eigenvalue weighted by molar-refractivity contribution is 7.09. The van der Waals surface area contributed by atoms with Gasteiger partial charge in [0.05, 0.1) is 18.4 Å². The van der Waals surface area contributed by atoms with Gasteiger partial charge in [-0.3, -0.25) is 4.79 Å². The van der Waals surface area contributed by atoms with Crippen molar-refractivity contribution in [3.8, 4) is 17.1 Å². The van der Waals surface area contributed by atoms with Crippen LogP contribution < -0.4 is 10.1 Å². The molecule has 3 rings (SSSR count). The SMILES string of the molecule is COc1ccccc1-c1onc(C)c1C(=O)NCCc1cccs1. The summed E-state index contributed by atoms with van der Waals surface area (Å²) in [6, 6.07) is 11.5. The number of aromatic nitrogens is 1. The minimum absolute atomic E-state index is 0.189. The van der Waals surface area contributed by atoms with Crippen LogP contribution in [-0.4, -0.2) is 24.7 Å². The van der Waals surface area contributed by atoms with Crippen molar-refractivity contribution < 1.29 is 14.1 Å². The summed E-state index contributed by atoms with van der Waals surface area (Å²) in [6.07, 6.45) is 0.803. The van der Waals surface area contributed by atoms with E-state index in [-0.39, 0.29) is 5.91 Å². The fourth-order valence-corrected chi connectivity index (χ4v) is 3.20. The third-order valence-electron chi connectivity index (χ3n) is 3.68. The third kappa shape index (κ3) is 3.33. The first-order valence-corrected chi connectivity index (χ1v) is 8.49. The average molecular weight is 342 g/mol. The van der Waals surface area contributed by atoms with Gasteiger partial charge in [0.2, 0.25) is 0 Å². The van der Waals surface area contributed by atoms with Crippen LogP contribution in [-0.2, 0) is 6.42 Å². The van der Waals surface area contributed by atoms with Gasteiger partial charge in [0.25, 0.3) is 5.91 Å². The first-order chi connectivity index (χ1) is 11.7. The van der Waals surface area contributed by atoms with E-state index in [2.05, 4.69) is 16.5 Å². The van der Waals surface area contributed by atoms with Gasteiger partial charge in [-0.1, -0.05) is 23.4 Å². The molecule has 0 fully saturated rings. The molecule has 0 radical (unpaired) electrons. The molecule has 5 nitrogen and oxygen atoms in total. The van der Waals surface area contributed by atoms with Crippen molar-refractivity contribution in [2.45, 2.75) is 13.3 Å². The lowest BCUT2D eigenvalue weighted by molar-refractivity contribution is 0.0954. The average Bonchev–Trinajstić information content (AvgIpc) is 3.24. The fourth-order valence-electron chi connectivity index (χ4n) is 2.50. The zero-order valence-electron chi connectivity index (χ0n) is 13.5. The van der Waals surface area contributed by atoms with Gasteiger partial charge in [-0.25, -0.2) is 0 Å². The summed E-state index contributed by atoms with van der Waals surface area (Å²) in [5.41, 5.74) is 1.72. The molecule has 3 aromatic rings. The molecule has 0 bridgehead atoms. The number of aryl methyl sites for hydroxylation is 1. The summed E-state index contributed by atoms with van der Waals surface area (Å²) in [7, 11) is 1.59. The van der Waals surface area contributed by atoms with Crippen LogP contribution in [0.15, 0.2) is 46.3 Å². The lowest BCUT2D eigenvalue weighted by Crippen LogP contribution is -2.26. The number of carbonyl (C=O) groups excluding carboxylic acids is 1. The van der Waals surface area contributed by atoms with E-state index in [1.807, 2.05) is 35.7 Å². The molecule has 0 aliphatic heterocycles. The molecule has 0 atom stereocenters. The highest BCUT2D eigenvalue weighted by atomic mass is 32.1. The van der Waals surface area contributed by atoms with Gasteiger partial charge in [-0.15, -0.1) is 11.3 Å². The standard InChI is InChI=1S/C18H18N2O3S/c1-12-16(18(21)19-10-9-13-6-5-11-24-13)17(23-20-12)14-7-3-4-8-15(14)22-2/h3-8,11H,9-10H2,1-2H3,(H,19,21). The number of nitrogens with zero attached hydrogens (tertiary/aromatic N) is 1. The molecule has 6 heteroatoms. The van der Waals surface area contributed by atoms with E-state index in [9.17, 15) is 4.79 Å². The summed E-state index contributed by atoms with van der Waals surface area (Å²) in [6.45, 7) is 2.33. The maximum absolute atomic E-state index is 12.6. The van der Waals surface area contributed by atoms with Crippen molar-refractivity contribution in [1.82, 2.24) is 10.5 Å². The van der Waals surface area contributed by atoms with Crippen molar-refractivity contribution in [2.24, 2.45) is 0 Å². The van der Waals surface area contributed by atoms with Crippen LogP contribution in [0.3, 0.4) is 0 Å². The van der Waals surface area contributed by atoms with Gasteiger partial charge in [-0.2, -0.15) is 0 Å². The molecule has 2 heterocycles. The van der Waals surface area contributed by atoms with Crippen LogP contribution in [0.5, 0.6) is 5.75 Å². The van der Waals surface area contributed by atoms with Crippen molar-refractivity contribution in [3.05, 3.63) is 57.9 Å². The molecule has 0 saturated heterocycles. The van der Waals surface area contributed by atoms with Crippen LogP contribution >= 0.6 is 11.3 Å². The van der Waals surface area contributed by atoms with E-state index in [0.717, 1.165) is 6.42 Å². The van der Waals surface area contributed by atoms with Gasteiger partial charge < -0.3 is 14.6 Å². The minimum atomic E-state index is -0.189. The number of hydrogen-bond acceptors (Lipinski definition) is 5. The molecule has 1 amide bonds. The fraction of sp³-hybridized carbons (Fsp3) is 0.222. The molecular weight excluding hydrogens is 324 g/mol. The second kappa shape index (κ2) is 7.31. The van der Waals surface area contributed by atoms with Gasteiger partial charge in [-0.05, 0) is 36.9 Å². The molecule has 24 heavy (non-hydrogen) atoms. The van der Waals surface area contributed by atoms with E-state index >= 15 is 0 Å². The summed E-state index contributed by atoms with van der Waals surface area (Å²) >= 11 is 1.68. The van der Waals surface area contributed by atoms with Gasteiger partial charge >= 0.3 is 0 Å². The third-order valence-corrected chi connectivity index (χ3v) is 4.61. The maximum atomic E-state index is 12.6. The predicted octanol–water partition coefficient (Wildman–Crippen LogP) is 3.69. The molecule has 0 saturated carbocycles. The van der Waals surface area contributed by atoms with Crippen LogP contribution in [0.1, 0.15) is 20.9 Å². The Bertz CT molecular complexity index is 825. The Morgan fingerprint density at radius 3 is 2.88 bits per heavy atom. The Labute approximate surface area is 144 Å². The van der Waals surface area contributed by atoms with E-state index in [1.165, 1.54) is 4.88 Å². The summed E-state index contributed by atoms with van der Waals surface area (Å²) < 4.78 is 10.8. The number of ether oxygens (including phenoxy) is 1. The molecule has 0 unspecified atom stereocenters. The normalized spacial score (nSPS) is 10.6. The smallest absolute Gasteiger partial charge is 0.257 e. The van der Waals surface area contributed by atoms with Gasteiger partial charge in [0.15, 0.2) is 5.76 Å². The number of thiophene rings is 1. The molecule has 1 N–H and O–H groups in total. The monoisotopic (exact) mass is 342 g/mol. The number of nitrogens with one attached hydrogen (secondary N) is 1. The number of hydrogen-bond donors (Lipinski definition) is 1. The van der Waals surface area contributed by atoms with Crippen LogP contribution in [0.25, 0.3) is 11.3 Å². The van der Waals surface area contributed by atoms with Crippen molar-refractivity contribution in [1.29, 1.82) is 0 Å². The lowest BCUT2D eigenvalue weighted by Gasteiger charge is -2.08. The maximum Gasteiger partial charge on any atom is 0.257 e. The lowest BCUT2D eigenvalue weighted by atomic mass is 10.1. The highest BCUT2D eigenvalue weighted by Gasteiger charge is 2.23. The molecule has 0 aliphatic carbocycles. The van der Waals surface area contributed by atoms with E-state index in [1.54, 1.807) is 25.4 Å². The Hall–Kier alpha value is -2.60. The number of carbonyl (C=O) groups is 1. The topological polar surface area (TPSA) is 64.4 Å². The van der Waals surface area contributed by atoms with Crippen LogP contribution in [0, 0.1) is 6.92 Å². The quantitative estimate of drug-likeness (QED) is 0.742. The zero-order chi connectivity index (χ0) is 16.9. The summed E-state index contributed by atoms with van der Waals surface area (Å²) in [4.78, 5) is 13.8. The van der Waals surface area contributed by atoms with E-state index in [0.29, 0.717) is 34.9 Å². The molecule has 0 spiro atoms. The first kappa shape index (κ1) is 16.3. The molecular formula is C18H18N2O3S. The predicted molar refractivity (Wildman–Crippen MR) is 93.6 cm³/mol. The summed E-state index contributed by atoms with van der Waals surface area (Å²) in [5.74, 6) is 0.881. The van der Waals surface area contributed by atoms with Crippen molar-refractivity contribution >= 4 is 17.2 Å². The summed E-state index contributed by atoms with van der Waals surface area (Å²) in [5, 5.41) is 8.93. The number of benzene rings is 1. The Kier molecular flexibility index (Phi) is 4.96. The Morgan fingerprint density at radius 2 is 2.12 bits per heavy atom. The second-order valence-corrected chi connectivity index (χ2v) is 6.29. The van der Waals surface area contributed by atoms with Crippen LogP contribution in [0.2, 0.25) is 0 Å². The van der Waals surface area contributed by atoms with Crippen molar-refractivity contribution in [3.63, 3.8) is 0 Å². The molecule has 0 aliphatic rings. The zero-order valence-corrected chi connectivity index (χ0v) is 14.4. The first-order valence-electron chi connectivity index (χ1n) is 7.61. The van der Waals surface area contributed by atoms with Gasteiger partial charge in [0, 0.05) is 11.4 Å². The number of methoxy groups -OCH3 is 1.